The number of hydrogen-bond donors (Lipinski definition) is 1. The first kappa shape index (κ1) is 13.3. The normalized spacial score (nSPS) is 27.2. The molecule has 1 N–H and O–H groups in total. The van der Waals surface area contributed by atoms with Crippen molar-refractivity contribution in [2.45, 2.75) is 32.4 Å². The Morgan fingerprint density at radius 2 is 2.12 bits per heavy atom. The number of carboxylic acid groups (broad SMARTS) is 1. The van der Waals surface area contributed by atoms with Crippen LogP contribution in [0.3, 0.4) is 0 Å². The van der Waals surface area contributed by atoms with Crippen LogP contribution in [0, 0.1) is 5.41 Å². The number of halogens is 3. The average molecular weight is 239 g/mol. The summed E-state index contributed by atoms with van der Waals surface area (Å²) in [6, 6.07) is 0. The Kier molecular flexibility index (Phi) is 3.83. The first-order valence-corrected chi connectivity index (χ1v) is 5.31. The van der Waals surface area contributed by atoms with Gasteiger partial charge in [-0.2, -0.15) is 13.2 Å². The summed E-state index contributed by atoms with van der Waals surface area (Å²) in [5.74, 6) is -0.899. The van der Waals surface area contributed by atoms with Crippen LogP contribution >= 0.6 is 0 Å². The summed E-state index contributed by atoms with van der Waals surface area (Å²) in [7, 11) is 0. The molecule has 0 aromatic rings. The van der Waals surface area contributed by atoms with Gasteiger partial charge in [-0.05, 0) is 19.4 Å². The smallest absolute Gasteiger partial charge is 0.390 e. The second-order valence-electron chi connectivity index (χ2n) is 4.33. The van der Waals surface area contributed by atoms with Crippen LogP contribution in [-0.4, -0.2) is 41.8 Å². The van der Waals surface area contributed by atoms with Crippen LogP contribution in [0.25, 0.3) is 0 Å². The van der Waals surface area contributed by atoms with Gasteiger partial charge in [-0.1, -0.05) is 6.92 Å². The van der Waals surface area contributed by atoms with Gasteiger partial charge >= 0.3 is 12.1 Å². The largest absolute Gasteiger partial charge is 0.481 e. The van der Waals surface area contributed by atoms with Crippen LogP contribution in [0.1, 0.15) is 26.2 Å². The topological polar surface area (TPSA) is 40.5 Å². The van der Waals surface area contributed by atoms with Crippen LogP contribution in [0.5, 0.6) is 0 Å². The number of hydrogen-bond acceptors (Lipinski definition) is 2. The summed E-state index contributed by atoms with van der Waals surface area (Å²) in [5.41, 5.74) is -0.842. The summed E-state index contributed by atoms with van der Waals surface area (Å²) >= 11 is 0. The van der Waals surface area contributed by atoms with E-state index in [9.17, 15) is 18.0 Å². The van der Waals surface area contributed by atoms with Gasteiger partial charge in [0.2, 0.25) is 0 Å². The second-order valence-corrected chi connectivity index (χ2v) is 4.33. The van der Waals surface area contributed by atoms with E-state index in [1.54, 1.807) is 11.8 Å². The summed E-state index contributed by atoms with van der Waals surface area (Å²) in [4.78, 5) is 12.6. The lowest BCUT2D eigenvalue weighted by Crippen LogP contribution is -2.35. The van der Waals surface area contributed by atoms with Crippen molar-refractivity contribution in [1.82, 2.24) is 4.90 Å². The first-order chi connectivity index (χ1) is 7.29. The minimum absolute atomic E-state index is 0.0987. The molecule has 0 aromatic heterocycles. The predicted molar refractivity (Wildman–Crippen MR) is 52.1 cm³/mol. The Morgan fingerprint density at radius 1 is 1.50 bits per heavy atom. The molecule has 1 atom stereocenters. The lowest BCUT2D eigenvalue weighted by Gasteiger charge is -2.23. The number of likely N-dealkylation sites (tertiary alicyclic amines) is 1. The summed E-state index contributed by atoms with van der Waals surface area (Å²) in [6.45, 7) is 2.34. The Balaban J connectivity index is 2.49. The maximum atomic E-state index is 12.0. The zero-order chi connectivity index (χ0) is 12.4. The van der Waals surface area contributed by atoms with Gasteiger partial charge in [0.1, 0.15) is 0 Å². The van der Waals surface area contributed by atoms with E-state index in [-0.39, 0.29) is 13.1 Å². The van der Waals surface area contributed by atoms with Crippen LogP contribution in [-0.2, 0) is 4.79 Å². The van der Waals surface area contributed by atoms with Gasteiger partial charge in [0.25, 0.3) is 0 Å². The fourth-order valence-electron chi connectivity index (χ4n) is 2.05. The molecule has 0 amide bonds. The number of nitrogens with zero attached hydrogens (tertiary/aromatic N) is 1. The standard InChI is InChI=1S/C10H16F3NO2/c1-2-9(8(15)16)3-5-14(7-9)6-4-10(11,12)13/h2-7H2,1H3,(H,15,16). The highest BCUT2D eigenvalue weighted by atomic mass is 19.4. The van der Waals surface area contributed by atoms with E-state index in [0.29, 0.717) is 19.4 Å². The van der Waals surface area contributed by atoms with Crippen LogP contribution in [0.15, 0.2) is 0 Å². The third-order valence-electron chi connectivity index (χ3n) is 3.27. The van der Waals surface area contributed by atoms with E-state index in [1.807, 2.05) is 0 Å². The molecular formula is C10H16F3NO2. The molecule has 6 heteroatoms. The molecule has 0 bridgehead atoms. The number of alkyl halides is 3. The molecular weight excluding hydrogens is 223 g/mol. The minimum atomic E-state index is -4.17. The summed E-state index contributed by atoms with van der Waals surface area (Å²) in [6.07, 6.45) is -4.13. The quantitative estimate of drug-likeness (QED) is 0.817. The maximum absolute atomic E-state index is 12.0. The molecule has 1 saturated heterocycles. The summed E-state index contributed by atoms with van der Waals surface area (Å²) in [5, 5.41) is 9.06. The zero-order valence-electron chi connectivity index (χ0n) is 9.18. The van der Waals surface area contributed by atoms with Gasteiger partial charge in [0.05, 0.1) is 11.8 Å². The number of rotatable bonds is 4. The van der Waals surface area contributed by atoms with E-state index in [1.165, 1.54) is 0 Å². The fourth-order valence-corrected chi connectivity index (χ4v) is 2.05. The van der Waals surface area contributed by atoms with Gasteiger partial charge in [0.15, 0.2) is 0 Å². The second kappa shape index (κ2) is 4.61. The van der Waals surface area contributed by atoms with Crippen molar-refractivity contribution in [3.8, 4) is 0 Å². The lowest BCUT2D eigenvalue weighted by molar-refractivity contribution is -0.148. The highest BCUT2D eigenvalue weighted by Gasteiger charge is 2.43. The Hall–Kier alpha value is -0.780. The number of aliphatic carboxylic acids is 1. The predicted octanol–water partition coefficient (Wildman–Crippen LogP) is 2.13. The van der Waals surface area contributed by atoms with Crippen LogP contribution in [0.2, 0.25) is 0 Å². The fraction of sp³-hybridized carbons (Fsp3) is 0.900. The van der Waals surface area contributed by atoms with Crippen molar-refractivity contribution < 1.29 is 23.1 Å². The third-order valence-corrected chi connectivity index (χ3v) is 3.27. The Labute approximate surface area is 92.2 Å². The molecule has 1 fully saturated rings. The van der Waals surface area contributed by atoms with Crippen molar-refractivity contribution in [2.24, 2.45) is 5.41 Å². The first-order valence-electron chi connectivity index (χ1n) is 5.31. The van der Waals surface area contributed by atoms with Gasteiger partial charge in [-0.15, -0.1) is 0 Å². The average Bonchev–Trinajstić information content (AvgIpc) is 2.58. The van der Waals surface area contributed by atoms with Gasteiger partial charge in [-0.25, -0.2) is 0 Å². The number of carboxylic acids is 1. The molecule has 1 rings (SSSR count). The summed E-state index contributed by atoms with van der Waals surface area (Å²) < 4.78 is 36.0. The van der Waals surface area contributed by atoms with Crippen molar-refractivity contribution in [2.75, 3.05) is 19.6 Å². The van der Waals surface area contributed by atoms with Gasteiger partial charge in [-0.3, -0.25) is 4.79 Å². The molecule has 0 spiro atoms. The molecule has 0 saturated carbocycles. The monoisotopic (exact) mass is 239 g/mol. The molecule has 1 aliphatic heterocycles. The maximum Gasteiger partial charge on any atom is 0.390 e. The van der Waals surface area contributed by atoms with Crippen molar-refractivity contribution >= 4 is 5.97 Å². The van der Waals surface area contributed by atoms with Crippen molar-refractivity contribution in [1.29, 1.82) is 0 Å². The van der Waals surface area contributed by atoms with Gasteiger partial charge in [0, 0.05) is 13.1 Å². The lowest BCUT2D eigenvalue weighted by atomic mass is 9.84. The molecule has 1 unspecified atom stereocenters. The molecule has 16 heavy (non-hydrogen) atoms. The van der Waals surface area contributed by atoms with E-state index >= 15 is 0 Å². The van der Waals surface area contributed by atoms with E-state index < -0.39 is 24.0 Å². The number of carbonyl (C=O) groups is 1. The van der Waals surface area contributed by atoms with Gasteiger partial charge < -0.3 is 10.0 Å². The zero-order valence-corrected chi connectivity index (χ0v) is 9.18. The van der Waals surface area contributed by atoms with E-state index in [2.05, 4.69) is 0 Å². The molecule has 0 aromatic carbocycles. The van der Waals surface area contributed by atoms with Crippen molar-refractivity contribution in [3.05, 3.63) is 0 Å². The SMILES string of the molecule is CCC1(C(=O)O)CCN(CCC(F)(F)F)C1. The molecule has 3 nitrogen and oxygen atoms in total. The Morgan fingerprint density at radius 3 is 2.50 bits per heavy atom. The third kappa shape index (κ3) is 3.10. The minimum Gasteiger partial charge on any atom is -0.481 e. The van der Waals surface area contributed by atoms with Crippen LogP contribution < -0.4 is 0 Å². The van der Waals surface area contributed by atoms with E-state index in [0.717, 1.165) is 0 Å². The molecule has 0 radical (unpaired) electrons. The van der Waals surface area contributed by atoms with E-state index in [4.69, 9.17) is 5.11 Å². The Bertz CT molecular complexity index is 267. The molecule has 0 aliphatic carbocycles. The highest BCUT2D eigenvalue weighted by molar-refractivity contribution is 5.75. The van der Waals surface area contributed by atoms with Crippen LogP contribution in [0.4, 0.5) is 13.2 Å². The molecule has 1 heterocycles. The molecule has 1 aliphatic rings. The molecule has 94 valence electrons. The highest BCUT2D eigenvalue weighted by Crippen LogP contribution is 2.34. The van der Waals surface area contributed by atoms with Crippen molar-refractivity contribution in [3.63, 3.8) is 0 Å².